The molecule has 0 saturated carbocycles. The molecule has 0 amide bonds. The fourth-order valence-electron chi connectivity index (χ4n) is 1.23. The van der Waals surface area contributed by atoms with Gasteiger partial charge in [-0.3, -0.25) is 0 Å². The quantitative estimate of drug-likeness (QED) is 0.662. The molecule has 0 bridgehead atoms. The summed E-state index contributed by atoms with van der Waals surface area (Å²) >= 11 is 0. The van der Waals surface area contributed by atoms with Crippen LogP contribution in [0.3, 0.4) is 0 Å². The number of hydrogen-bond donors (Lipinski definition) is 1. The summed E-state index contributed by atoms with van der Waals surface area (Å²) in [6.07, 6.45) is 3.08. The van der Waals surface area contributed by atoms with Crippen LogP contribution in [0.4, 0.5) is 0 Å². The van der Waals surface area contributed by atoms with Crippen molar-refractivity contribution in [1.29, 1.82) is 5.26 Å². The molecule has 3 heteroatoms. The van der Waals surface area contributed by atoms with E-state index in [9.17, 15) is 0 Å². The number of nitrogens with zero attached hydrogens (tertiary/aromatic N) is 1. The van der Waals surface area contributed by atoms with Gasteiger partial charge in [-0.25, -0.2) is 0 Å². The SMILES string of the molecule is Cl.N#CCCC1CCNC1. The Morgan fingerprint density at radius 3 is 2.90 bits per heavy atom. The molecule has 1 aliphatic heterocycles. The first-order chi connectivity index (χ1) is 4.43. The Morgan fingerprint density at radius 1 is 1.60 bits per heavy atom. The lowest BCUT2D eigenvalue weighted by Gasteiger charge is -2.01. The van der Waals surface area contributed by atoms with Gasteiger partial charge in [-0.05, 0) is 31.8 Å². The van der Waals surface area contributed by atoms with Gasteiger partial charge >= 0.3 is 0 Å². The highest BCUT2D eigenvalue weighted by atomic mass is 35.5. The second-order valence-electron chi connectivity index (χ2n) is 2.56. The fraction of sp³-hybridized carbons (Fsp3) is 0.857. The topological polar surface area (TPSA) is 35.8 Å². The second-order valence-corrected chi connectivity index (χ2v) is 2.56. The first-order valence-corrected chi connectivity index (χ1v) is 3.51. The minimum Gasteiger partial charge on any atom is -0.316 e. The summed E-state index contributed by atoms with van der Waals surface area (Å²) in [6, 6.07) is 2.17. The highest BCUT2D eigenvalue weighted by Gasteiger charge is 2.12. The van der Waals surface area contributed by atoms with Gasteiger partial charge in [0, 0.05) is 6.42 Å². The van der Waals surface area contributed by atoms with Crippen LogP contribution < -0.4 is 5.32 Å². The number of nitriles is 1. The normalized spacial score (nSPS) is 23.3. The summed E-state index contributed by atoms with van der Waals surface area (Å²) in [7, 11) is 0. The third-order valence-electron chi connectivity index (χ3n) is 1.83. The number of rotatable bonds is 2. The molecule has 0 aromatic rings. The minimum atomic E-state index is 0. The number of halogens is 1. The summed E-state index contributed by atoms with van der Waals surface area (Å²) in [5.74, 6) is 0.782. The molecular weight excluding hydrogens is 148 g/mol. The Balaban J connectivity index is 0.000000810. The summed E-state index contributed by atoms with van der Waals surface area (Å²) in [4.78, 5) is 0. The van der Waals surface area contributed by atoms with Crippen LogP contribution in [0, 0.1) is 17.2 Å². The van der Waals surface area contributed by atoms with Crippen LogP contribution in [-0.4, -0.2) is 13.1 Å². The molecule has 2 nitrogen and oxygen atoms in total. The summed E-state index contributed by atoms with van der Waals surface area (Å²) in [6.45, 7) is 2.28. The average molecular weight is 161 g/mol. The Labute approximate surface area is 68.0 Å². The van der Waals surface area contributed by atoms with Crippen molar-refractivity contribution in [3.8, 4) is 6.07 Å². The third-order valence-corrected chi connectivity index (χ3v) is 1.83. The van der Waals surface area contributed by atoms with Crippen molar-refractivity contribution in [2.24, 2.45) is 5.92 Å². The molecule has 0 aliphatic carbocycles. The Bertz CT molecular complexity index is 113. The fourth-order valence-corrected chi connectivity index (χ4v) is 1.23. The molecule has 1 fully saturated rings. The molecule has 58 valence electrons. The summed E-state index contributed by atoms with van der Waals surface area (Å²) < 4.78 is 0. The molecule has 0 aromatic carbocycles. The lowest BCUT2D eigenvalue weighted by molar-refractivity contribution is 0.541. The summed E-state index contributed by atoms with van der Waals surface area (Å²) in [5, 5.41) is 11.5. The van der Waals surface area contributed by atoms with Crippen molar-refractivity contribution in [3.05, 3.63) is 0 Å². The van der Waals surface area contributed by atoms with Crippen molar-refractivity contribution >= 4 is 12.4 Å². The number of nitrogens with one attached hydrogen (secondary N) is 1. The lowest BCUT2D eigenvalue weighted by atomic mass is 10.0. The van der Waals surface area contributed by atoms with E-state index in [1.807, 2.05) is 0 Å². The van der Waals surface area contributed by atoms with Gasteiger partial charge in [-0.2, -0.15) is 5.26 Å². The van der Waals surface area contributed by atoms with Gasteiger partial charge in [-0.1, -0.05) is 0 Å². The number of hydrogen-bond acceptors (Lipinski definition) is 2. The van der Waals surface area contributed by atoms with Crippen LogP contribution >= 0.6 is 12.4 Å². The maximum Gasteiger partial charge on any atom is 0.0621 e. The van der Waals surface area contributed by atoms with Crippen molar-refractivity contribution in [2.45, 2.75) is 19.3 Å². The van der Waals surface area contributed by atoms with Gasteiger partial charge < -0.3 is 5.32 Å². The van der Waals surface area contributed by atoms with Gasteiger partial charge in [-0.15, -0.1) is 12.4 Å². The molecule has 1 saturated heterocycles. The van der Waals surface area contributed by atoms with E-state index in [1.54, 1.807) is 0 Å². The van der Waals surface area contributed by atoms with Crippen molar-refractivity contribution in [1.82, 2.24) is 5.32 Å². The molecule has 1 unspecified atom stereocenters. The molecule has 0 aromatic heterocycles. The van der Waals surface area contributed by atoms with Gasteiger partial charge in [0.1, 0.15) is 0 Å². The molecule has 1 atom stereocenters. The second kappa shape index (κ2) is 5.52. The highest BCUT2D eigenvalue weighted by molar-refractivity contribution is 5.85. The molecule has 1 aliphatic rings. The standard InChI is InChI=1S/C7H12N2.ClH/c8-4-1-2-7-3-5-9-6-7;/h7,9H,1-3,5-6H2;1H. The molecule has 0 radical (unpaired) electrons. The molecule has 0 spiro atoms. The minimum absolute atomic E-state index is 0. The molecule has 1 heterocycles. The zero-order valence-electron chi connectivity index (χ0n) is 5.97. The smallest absolute Gasteiger partial charge is 0.0621 e. The van der Waals surface area contributed by atoms with Crippen molar-refractivity contribution < 1.29 is 0 Å². The van der Waals surface area contributed by atoms with Crippen LogP contribution in [0.25, 0.3) is 0 Å². The molecule has 1 N–H and O–H groups in total. The van der Waals surface area contributed by atoms with Crippen molar-refractivity contribution in [3.63, 3.8) is 0 Å². The highest BCUT2D eigenvalue weighted by Crippen LogP contribution is 2.12. The Kier molecular flexibility index (Phi) is 5.38. The monoisotopic (exact) mass is 160 g/mol. The van der Waals surface area contributed by atoms with E-state index in [4.69, 9.17) is 5.26 Å². The largest absolute Gasteiger partial charge is 0.316 e. The van der Waals surface area contributed by atoms with Crippen LogP contribution in [0.5, 0.6) is 0 Å². The van der Waals surface area contributed by atoms with E-state index in [2.05, 4.69) is 11.4 Å². The van der Waals surface area contributed by atoms with Gasteiger partial charge in [0.05, 0.1) is 6.07 Å². The first-order valence-electron chi connectivity index (χ1n) is 3.51. The van der Waals surface area contributed by atoms with E-state index in [-0.39, 0.29) is 12.4 Å². The summed E-state index contributed by atoms with van der Waals surface area (Å²) in [5.41, 5.74) is 0. The predicted molar refractivity (Wildman–Crippen MR) is 43.1 cm³/mol. The average Bonchev–Trinajstić information content (AvgIpc) is 2.34. The third kappa shape index (κ3) is 3.05. The lowest BCUT2D eigenvalue weighted by Crippen LogP contribution is -2.08. The van der Waals surface area contributed by atoms with Crippen LogP contribution in [-0.2, 0) is 0 Å². The zero-order valence-corrected chi connectivity index (χ0v) is 6.78. The predicted octanol–water partition coefficient (Wildman–Crippen LogP) is 1.32. The van der Waals surface area contributed by atoms with Crippen molar-refractivity contribution in [2.75, 3.05) is 13.1 Å². The van der Waals surface area contributed by atoms with E-state index < -0.39 is 0 Å². The molecule has 10 heavy (non-hydrogen) atoms. The van der Waals surface area contributed by atoms with Gasteiger partial charge in [0.2, 0.25) is 0 Å². The van der Waals surface area contributed by atoms with E-state index in [1.165, 1.54) is 6.42 Å². The van der Waals surface area contributed by atoms with E-state index in [0.717, 1.165) is 31.8 Å². The van der Waals surface area contributed by atoms with E-state index in [0.29, 0.717) is 0 Å². The Morgan fingerprint density at radius 2 is 2.40 bits per heavy atom. The van der Waals surface area contributed by atoms with Gasteiger partial charge in [0.25, 0.3) is 0 Å². The molecular formula is C7H13ClN2. The first kappa shape index (κ1) is 9.74. The van der Waals surface area contributed by atoms with E-state index >= 15 is 0 Å². The molecule has 1 rings (SSSR count). The zero-order chi connectivity index (χ0) is 6.53. The van der Waals surface area contributed by atoms with Crippen LogP contribution in [0.2, 0.25) is 0 Å². The van der Waals surface area contributed by atoms with Crippen LogP contribution in [0.1, 0.15) is 19.3 Å². The maximum atomic E-state index is 8.26. The Hall–Kier alpha value is -0.260. The van der Waals surface area contributed by atoms with Gasteiger partial charge in [0.15, 0.2) is 0 Å². The van der Waals surface area contributed by atoms with Crippen LogP contribution in [0.15, 0.2) is 0 Å². The maximum absolute atomic E-state index is 8.26.